The van der Waals surface area contributed by atoms with Crippen LogP contribution in [0.5, 0.6) is 0 Å². The van der Waals surface area contributed by atoms with Gasteiger partial charge in [0.15, 0.2) is 0 Å². The number of para-hydroxylation sites is 1. The summed E-state index contributed by atoms with van der Waals surface area (Å²) in [7, 11) is 0. The van der Waals surface area contributed by atoms with Gasteiger partial charge in [-0.1, -0.05) is 133 Å². The molecule has 0 aliphatic carbocycles. The average Bonchev–Trinajstić information content (AvgIpc) is 2.96. The van der Waals surface area contributed by atoms with Gasteiger partial charge in [-0.25, -0.2) is 0 Å². The second kappa shape index (κ2) is 19.0. The van der Waals surface area contributed by atoms with Crippen LogP contribution in [0.4, 0.5) is 17.1 Å². The number of nitrogens with zero attached hydrogens (tertiary/aromatic N) is 1. The molecule has 4 aromatic carbocycles. The van der Waals surface area contributed by atoms with Gasteiger partial charge in [0.05, 0.1) is 0 Å². The summed E-state index contributed by atoms with van der Waals surface area (Å²) in [6.07, 6.45) is 0. The lowest BCUT2D eigenvalue weighted by atomic mass is 10.0. The van der Waals surface area contributed by atoms with E-state index in [1.54, 1.807) is 0 Å². The molecule has 0 radical (unpaired) electrons. The Balaban J connectivity index is 0.00000132. The maximum absolute atomic E-state index is 2.29. The normalized spacial score (nSPS) is 8.86. The van der Waals surface area contributed by atoms with Crippen LogP contribution >= 0.6 is 0 Å². The van der Waals surface area contributed by atoms with E-state index < -0.39 is 0 Å². The summed E-state index contributed by atoms with van der Waals surface area (Å²) in [5, 5.41) is 0. The van der Waals surface area contributed by atoms with Crippen molar-refractivity contribution in [2.24, 2.45) is 0 Å². The highest BCUT2D eigenvalue weighted by Gasteiger charge is 2.12. The van der Waals surface area contributed by atoms with E-state index in [0.29, 0.717) is 0 Å². The van der Waals surface area contributed by atoms with E-state index in [-0.39, 0.29) is 0 Å². The van der Waals surface area contributed by atoms with Crippen LogP contribution in [0.25, 0.3) is 11.1 Å². The largest absolute Gasteiger partial charge is 0.311 e. The summed E-state index contributed by atoms with van der Waals surface area (Å²) in [4.78, 5) is 2.29. The minimum Gasteiger partial charge on any atom is -0.311 e. The van der Waals surface area contributed by atoms with Crippen molar-refractivity contribution < 1.29 is 0 Å². The Hall–Kier alpha value is -3.32. The fourth-order valence-corrected chi connectivity index (χ4v) is 3.27. The fourth-order valence-electron chi connectivity index (χ4n) is 3.27. The fraction of sp³-hybridized carbons (Fsp3) is 0.294. The van der Waals surface area contributed by atoms with Crippen LogP contribution in [-0.4, -0.2) is 0 Å². The zero-order valence-corrected chi connectivity index (χ0v) is 23.8. The van der Waals surface area contributed by atoms with Crippen LogP contribution in [0.2, 0.25) is 0 Å². The molecular weight excluding hydrogens is 422 g/mol. The molecule has 0 fully saturated rings. The minimum atomic E-state index is 1.15. The topological polar surface area (TPSA) is 3.24 Å². The van der Waals surface area contributed by atoms with Crippen molar-refractivity contribution in [3.05, 3.63) is 114 Å². The monoisotopic (exact) mass is 469 g/mol. The molecule has 0 unspecified atom stereocenters. The molecule has 35 heavy (non-hydrogen) atoms. The number of hydrogen-bond donors (Lipinski definition) is 0. The Morgan fingerprint density at radius 3 is 1.03 bits per heavy atom. The van der Waals surface area contributed by atoms with Gasteiger partial charge in [0.2, 0.25) is 0 Å². The third-order valence-corrected chi connectivity index (χ3v) is 4.82. The molecule has 0 atom stereocenters. The van der Waals surface area contributed by atoms with Gasteiger partial charge in [-0.2, -0.15) is 0 Å². The lowest BCUT2D eigenvalue weighted by molar-refractivity contribution is 1.27. The molecule has 0 aromatic heterocycles. The average molecular weight is 470 g/mol. The van der Waals surface area contributed by atoms with Crippen molar-refractivity contribution in [2.45, 2.75) is 69.2 Å². The maximum Gasteiger partial charge on any atom is 0.0462 e. The summed E-state index contributed by atoms with van der Waals surface area (Å²) >= 11 is 0. The molecule has 0 heterocycles. The third kappa shape index (κ3) is 9.83. The summed E-state index contributed by atoms with van der Waals surface area (Å²) in [5.74, 6) is 0. The second-order valence-corrected chi connectivity index (χ2v) is 6.92. The standard InChI is InChI=1S/C26H23N.4C2H6/c1-20-8-12-22(13-9-20)23-14-18-26(19-15-23)27(24-6-4-3-5-7-24)25-16-10-21(2)11-17-25;4*1-2/h3-19H,1-2H3;4*1-2H3. The molecule has 0 bridgehead atoms. The van der Waals surface area contributed by atoms with Crippen molar-refractivity contribution in [1.82, 2.24) is 0 Å². The highest BCUT2D eigenvalue weighted by Crippen LogP contribution is 2.35. The molecule has 1 heteroatoms. The van der Waals surface area contributed by atoms with Gasteiger partial charge >= 0.3 is 0 Å². The third-order valence-electron chi connectivity index (χ3n) is 4.82. The smallest absolute Gasteiger partial charge is 0.0462 e. The van der Waals surface area contributed by atoms with Crippen molar-refractivity contribution >= 4 is 17.1 Å². The highest BCUT2D eigenvalue weighted by molar-refractivity contribution is 5.78. The second-order valence-electron chi connectivity index (χ2n) is 6.92. The SMILES string of the molecule is CC.CC.CC.CC.Cc1ccc(-c2ccc(N(c3ccccc3)c3ccc(C)cc3)cc2)cc1. The Kier molecular flexibility index (Phi) is 17.2. The molecule has 0 saturated heterocycles. The molecule has 0 aliphatic rings. The molecule has 0 N–H and O–H groups in total. The van der Waals surface area contributed by atoms with Gasteiger partial charge in [-0.3, -0.25) is 0 Å². The summed E-state index contributed by atoms with van der Waals surface area (Å²) in [6, 6.07) is 36.6. The van der Waals surface area contributed by atoms with Crippen LogP contribution < -0.4 is 4.90 Å². The predicted molar refractivity (Wildman–Crippen MR) is 161 cm³/mol. The highest BCUT2D eigenvalue weighted by atomic mass is 15.1. The summed E-state index contributed by atoms with van der Waals surface area (Å²) < 4.78 is 0. The number of aryl methyl sites for hydroxylation is 2. The molecule has 4 rings (SSSR count). The molecule has 1 nitrogen and oxygen atoms in total. The zero-order valence-electron chi connectivity index (χ0n) is 23.8. The quantitative estimate of drug-likeness (QED) is 0.287. The van der Waals surface area contributed by atoms with E-state index >= 15 is 0 Å². The van der Waals surface area contributed by atoms with Crippen LogP contribution in [0, 0.1) is 13.8 Å². The molecule has 0 saturated carbocycles. The summed E-state index contributed by atoms with van der Waals surface area (Å²) in [6.45, 7) is 20.2. The van der Waals surface area contributed by atoms with Crippen LogP contribution in [0.1, 0.15) is 66.5 Å². The van der Waals surface area contributed by atoms with E-state index in [4.69, 9.17) is 0 Å². The van der Waals surface area contributed by atoms with E-state index in [2.05, 4.69) is 122 Å². The molecule has 0 aliphatic heterocycles. The molecular formula is C34H47N. The maximum atomic E-state index is 2.29. The van der Waals surface area contributed by atoms with Crippen molar-refractivity contribution in [2.75, 3.05) is 4.90 Å². The first-order valence-corrected chi connectivity index (χ1v) is 13.3. The first-order chi connectivity index (χ1) is 17.2. The van der Waals surface area contributed by atoms with Crippen molar-refractivity contribution in [3.63, 3.8) is 0 Å². The number of rotatable bonds is 4. The Morgan fingerprint density at radius 2 is 0.629 bits per heavy atom. The zero-order chi connectivity index (χ0) is 26.6. The first-order valence-electron chi connectivity index (χ1n) is 13.3. The van der Waals surface area contributed by atoms with E-state index in [1.165, 1.54) is 22.3 Å². The Bertz CT molecular complexity index is 999. The number of anilines is 3. The Labute approximate surface area is 216 Å². The van der Waals surface area contributed by atoms with Crippen molar-refractivity contribution in [1.29, 1.82) is 0 Å². The van der Waals surface area contributed by atoms with Crippen molar-refractivity contribution in [3.8, 4) is 11.1 Å². The van der Waals surface area contributed by atoms with E-state index in [9.17, 15) is 0 Å². The van der Waals surface area contributed by atoms with E-state index in [1.807, 2.05) is 55.4 Å². The van der Waals surface area contributed by atoms with Gasteiger partial charge in [0.25, 0.3) is 0 Å². The lowest BCUT2D eigenvalue weighted by Gasteiger charge is -2.25. The van der Waals surface area contributed by atoms with Gasteiger partial charge < -0.3 is 4.90 Å². The first kappa shape index (κ1) is 31.7. The van der Waals surface area contributed by atoms with Gasteiger partial charge in [0.1, 0.15) is 0 Å². The van der Waals surface area contributed by atoms with Gasteiger partial charge in [0, 0.05) is 17.1 Å². The van der Waals surface area contributed by atoms with Gasteiger partial charge in [-0.05, 0) is 61.4 Å². The number of hydrogen-bond acceptors (Lipinski definition) is 1. The molecule has 0 spiro atoms. The van der Waals surface area contributed by atoms with Gasteiger partial charge in [-0.15, -0.1) is 0 Å². The number of benzene rings is 4. The van der Waals surface area contributed by atoms with Crippen LogP contribution in [0.3, 0.4) is 0 Å². The summed E-state index contributed by atoms with van der Waals surface area (Å²) in [5.41, 5.74) is 8.50. The molecule has 4 aromatic rings. The predicted octanol–water partition coefficient (Wildman–Crippen LogP) is 11.5. The van der Waals surface area contributed by atoms with Crippen LogP contribution in [-0.2, 0) is 0 Å². The molecule has 0 amide bonds. The lowest BCUT2D eigenvalue weighted by Crippen LogP contribution is -2.09. The Morgan fingerprint density at radius 1 is 0.343 bits per heavy atom. The minimum absolute atomic E-state index is 1.15. The van der Waals surface area contributed by atoms with Crippen LogP contribution in [0.15, 0.2) is 103 Å². The molecule has 188 valence electrons. The van der Waals surface area contributed by atoms with E-state index in [0.717, 1.165) is 17.1 Å².